The molecule has 2 amide bonds. The zero-order valence-corrected chi connectivity index (χ0v) is 20.3. The lowest BCUT2D eigenvalue weighted by Crippen LogP contribution is -2.17. The number of halogens is 1. The number of nitrogens with zero attached hydrogens (tertiary/aromatic N) is 2. The molecule has 4 aromatic rings. The standard InChI is InChI=1S/C26H25ClN4O4/c1-4-34-21-15-20(30-26(33)24-16(3)28-23-13-18(27)11-12-31(23)24)22(35-5-2)14-19(21)29-25(32)17-9-7-6-8-10-17/h6-15H,4-5H2,1-3H3,(H,29,32)(H,30,33). The van der Waals surface area contributed by atoms with E-state index in [0.29, 0.717) is 63.7 Å². The molecule has 0 spiro atoms. The fourth-order valence-corrected chi connectivity index (χ4v) is 3.84. The number of carbonyl (C=O) groups is 2. The minimum absolute atomic E-state index is 0.286. The number of fused-ring (bicyclic) bond motifs is 1. The Hall–Kier alpha value is -4.04. The molecule has 180 valence electrons. The molecular weight excluding hydrogens is 468 g/mol. The molecule has 0 radical (unpaired) electrons. The van der Waals surface area contributed by atoms with E-state index in [2.05, 4.69) is 15.6 Å². The average Bonchev–Trinajstić information content (AvgIpc) is 3.17. The van der Waals surface area contributed by atoms with Gasteiger partial charge in [0.1, 0.15) is 22.8 Å². The smallest absolute Gasteiger partial charge is 0.274 e. The molecule has 2 heterocycles. The molecule has 0 aliphatic rings. The van der Waals surface area contributed by atoms with Gasteiger partial charge in [-0.1, -0.05) is 29.8 Å². The number of imidazole rings is 1. The first kappa shape index (κ1) is 24.1. The molecule has 2 aromatic heterocycles. The van der Waals surface area contributed by atoms with E-state index in [4.69, 9.17) is 21.1 Å². The number of amides is 2. The van der Waals surface area contributed by atoms with Crippen molar-refractivity contribution in [2.75, 3.05) is 23.8 Å². The number of benzene rings is 2. The third-order valence-corrected chi connectivity index (χ3v) is 5.43. The van der Waals surface area contributed by atoms with Crippen LogP contribution in [0.5, 0.6) is 11.5 Å². The molecular formula is C26H25ClN4O4. The molecule has 0 fully saturated rings. The molecule has 0 aliphatic carbocycles. The van der Waals surface area contributed by atoms with Gasteiger partial charge in [0.25, 0.3) is 11.8 Å². The van der Waals surface area contributed by atoms with Crippen LogP contribution in [0.15, 0.2) is 60.8 Å². The maximum Gasteiger partial charge on any atom is 0.274 e. The van der Waals surface area contributed by atoms with Gasteiger partial charge in [-0.05, 0) is 39.0 Å². The molecule has 0 aliphatic heterocycles. The van der Waals surface area contributed by atoms with Crippen molar-refractivity contribution in [3.63, 3.8) is 0 Å². The van der Waals surface area contributed by atoms with Crippen molar-refractivity contribution in [2.24, 2.45) is 0 Å². The summed E-state index contributed by atoms with van der Waals surface area (Å²) < 4.78 is 13.2. The van der Waals surface area contributed by atoms with Gasteiger partial charge in [0, 0.05) is 35.0 Å². The Kier molecular flexibility index (Phi) is 7.22. The Morgan fingerprint density at radius 2 is 1.51 bits per heavy atom. The summed E-state index contributed by atoms with van der Waals surface area (Å²) in [6.45, 7) is 6.15. The molecule has 9 heteroatoms. The first-order valence-electron chi connectivity index (χ1n) is 11.2. The van der Waals surface area contributed by atoms with Crippen molar-refractivity contribution in [1.82, 2.24) is 9.38 Å². The Labute approximate surface area is 207 Å². The van der Waals surface area contributed by atoms with E-state index in [1.807, 2.05) is 19.9 Å². The summed E-state index contributed by atoms with van der Waals surface area (Å²) >= 11 is 6.07. The lowest BCUT2D eigenvalue weighted by Gasteiger charge is -2.18. The summed E-state index contributed by atoms with van der Waals surface area (Å²) in [7, 11) is 0. The van der Waals surface area contributed by atoms with Gasteiger partial charge in [0.2, 0.25) is 0 Å². The summed E-state index contributed by atoms with van der Waals surface area (Å²) in [6, 6.07) is 15.5. The maximum absolute atomic E-state index is 13.3. The van der Waals surface area contributed by atoms with Crippen molar-refractivity contribution >= 4 is 40.4 Å². The first-order valence-corrected chi connectivity index (χ1v) is 11.5. The third-order valence-electron chi connectivity index (χ3n) is 5.19. The number of hydrogen-bond acceptors (Lipinski definition) is 5. The van der Waals surface area contributed by atoms with Crippen molar-refractivity contribution < 1.29 is 19.1 Å². The van der Waals surface area contributed by atoms with Gasteiger partial charge >= 0.3 is 0 Å². The topological polar surface area (TPSA) is 94.0 Å². The molecule has 35 heavy (non-hydrogen) atoms. The third kappa shape index (κ3) is 5.22. The van der Waals surface area contributed by atoms with Gasteiger partial charge < -0.3 is 20.1 Å². The van der Waals surface area contributed by atoms with Crippen LogP contribution in [0.4, 0.5) is 11.4 Å². The molecule has 2 aromatic carbocycles. The summed E-state index contributed by atoms with van der Waals surface area (Å²) in [4.78, 5) is 30.5. The van der Waals surface area contributed by atoms with Crippen LogP contribution in [-0.2, 0) is 0 Å². The lowest BCUT2D eigenvalue weighted by molar-refractivity contribution is 0.101. The second-order valence-corrected chi connectivity index (χ2v) is 8.04. The highest BCUT2D eigenvalue weighted by atomic mass is 35.5. The Morgan fingerprint density at radius 3 is 2.11 bits per heavy atom. The highest BCUT2D eigenvalue weighted by molar-refractivity contribution is 6.30. The van der Waals surface area contributed by atoms with Crippen molar-refractivity contribution in [2.45, 2.75) is 20.8 Å². The van der Waals surface area contributed by atoms with Crippen LogP contribution in [0.2, 0.25) is 5.02 Å². The first-order chi connectivity index (χ1) is 16.9. The van der Waals surface area contributed by atoms with Gasteiger partial charge in [0.15, 0.2) is 0 Å². The quantitative estimate of drug-likeness (QED) is 0.334. The fourth-order valence-electron chi connectivity index (χ4n) is 3.68. The van der Waals surface area contributed by atoms with E-state index in [1.165, 1.54) is 0 Å². The average molecular weight is 493 g/mol. The Morgan fingerprint density at radius 1 is 0.914 bits per heavy atom. The van der Waals surface area contributed by atoms with Crippen LogP contribution in [0.1, 0.15) is 40.4 Å². The van der Waals surface area contributed by atoms with E-state index in [0.717, 1.165) is 0 Å². The fraction of sp³-hybridized carbons (Fsp3) is 0.192. The van der Waals surface area contributed by atoms with Crippen LogP contribution in [-0.4, -0.2) is 34.4 Å². The molecule has 2 N–H and O–H groups in total. The van der Waals surface area contributed by atoms with Gasteiger partial charge in [-0.25, -0.2) is 4.98 Å². The lowest BCUT2D eigenvalue weighted by atomic mass is 10.2. The second kappa shape index (κ2) is 10.5. The molecule has 4 rings (SSSR count). The highest BCUT2D eigenvalue weighted by Gasteiger charge is 2.21. The zero-order valence-electron chi connectivity index (χ0n) is 19.6. The summed E-state index contributed by atoms with van der Waals surface area (Å²) in [5.74, 6) is 0.131. The molecule has 0 saturated heterocycles. The number of aryl methyl sites for hydroxylation is 1. The van der Waals surface area contributed by atoms with Gasteiger partial charge in [-0.3, -0.25) is 14.0 Å². The number of pyridine rings is 1. The van der Waals surface area contributed by atoms with Crippen molar-refractivity contribution in [3.8, 4) is 11.5 Å². The van der Waals surface area contributed by atoms with E-state index in [-0.39, 0.29) is 11.8 Å². The van der Waals surface area contributed by atoms with Crippen molar-refractivity contribution in [1.29, 1.82) is 0 Å². The number of carbonyl (C=O) groups excluding carboxylic acids is 2. The Balaban J connectivity index is 1.69. The summed E-state index contributed by atoms with van der Waals surface area (Å²) in [6.07, 6.45) is 1.70. The highest BCUT2D eigenvalue weighted by Crippen LogP contribution is 2.37. The van der Waals surface area contributed by atoms with Crippen LogP contribution >= 0.6 is 11.6 Å². The number of aromatic nitrogens is 2. The number of nitrogens with one attached hydrogen (secondary N) is 2. The second-order valence-electron chi connectivity index (χ2n) is 7.60. The van der Waals surface area contributed by atoms with Crippen molar-refractivity contribution in [3.05, 3.63) is 82.8 Å². The molecule has 0 saturated carbocycles. The summed E-state index contributed by atoms with van der Waals surface area (Å²) in [5, 5.41) is 6.31. The largest absolute Gasteiger partial charge is 0.492 e. The molecule has 0 atom stereocenters. The predicted molar refractivity (Wildman–Crippen MR) is 136 cm³/mol. The number of ether oxygens (including phenoxy) is 2. The van der Waals surface area contributed by atoms with Gasteiger partial charge in [0.05, 0.1) is 30.3 Å². The predicted octanol–water partition coefficient (Wildman–Crippen LogP) is 5.60. The maximum atomic E-state index is 13.3. The van der Waals surface area contributed by atoms with E-state index >= 15 is 0 Å². The minimum atomic E-state index is -0.373. The number of anilines is 2. The summed E-state index contributed by atoms with van der Waals surface area (Å²) in [5.41, 5.74) is 2.84. The van der Waals surface area contributed by atoms with Gasteiger partial charge in [-0.2, -0.15) is 0 Å². The van der Waals surface area contributed by atoms with E-state index in [1.54, 1.807) is 66.1 Å². The van der Waals surface area contributed by atoms with E-state index < -0.39 is 0 Å². The Bertz CT molecular complexity index is 1390. The molecule has 0 bridgehead atoms. The van der Waals surface area contributed by atoms with Crippen LogP contribution in [0.3, 0.4) is 0 Å². The van der Waals surface area contributed by atoms with Crippen LogP contribution in [0.25, 0.3) is 5.65 Å². The van der Waals surface area contributed by atoms with Crippen LogP contribution < -0.4 is 20.1 Å². The number of rotatable bonds is 8. The van der Waals surface area contributed by atoms with Gasteiger partial charge in [-0.15, -0.1) is 0 Å². The monoisotopic (exact) mass is 492 g/mol. The van der Waals surface area contributed by atoms with Crippen LogP contribution in [0, 0.1) is 6.92 Å². The van der Waals surface area contributed by atoms with E-state index in [9.17, 15) is 9.59 Å². The zero-order chi connectivity index (χ0) is 24.9. The minimum Gasteiger partial charge on any atom is -0.492 e. The SMILES string of the molecule is CCOc1cc(NC(=O)c2c(C)nc3cc(Cl)ccn23)c(OCC)cc1NC(=O)c1ccccc1. The normalized spacial score (nSPS) is 10.7. The molecule has 0 unspecified atom stereocenters. The number of hydrogen-bond donors (Lipinski definition) is 2. The molecule has 8 nitrogen and oxygen atoms in total.